The molecule has 0 radical (unpaired) electrons. The van der Waals surface area contributed by atoms with Crippen molar-refractivity contribution in [3.05, 3.63) is 52.4 Å². The predicted octanol–water partition coefficient (Wildman–Crippen LogP) is 4.92. The van der Waals surface area contributed by atoms with E-state index in [-0.39, 0.29) is 20.5 Å². The predicted molar refractivity (Wildman–Crippen MR) is 85.0 cm³/mol. The summed E-state index contributed by atoms with van der Waals surface area (Å²) in [6.07, 6.45) is 0. The molecule has 25 heavy (non-hydrogen) atoms. The Hall–Kier alpha value is -2.61. The summed E-state index contributed by atoms with van der Waals surface area (Å²) in [5.74, 6) is -5.94. The van der Waals surface area contributed by atoms with Crippen molar-refractivity contribution in [2.75, 3.05) is 14.2 Å². The van der Waals surface area contributed by atoms with Crippen molar-refractivity contribution in [2.24, 2.45) is 0 Å². The highest BCUT2D eigenvalue weighted by Crippen LogP contribution is 2.43. The van der Waals surface area contributed by atoms with E-state index >= 15 is 0 Å². The summed E-state index contributed by atoms with van der Waals surface area (Å²) >= 11 is 0.818. The van der Waals surface area contributed by atoms with Gasteiger partial charge in [0.25, 0.3) is 0 Å². The number of methoxy groups -OCH3 is 2. The number of thiophene rings is 1. The molecular weight excluding hydrogens is 360 g/mol. The molecule has 0 spiro atoms. The first-order chi connectivity index (χ1) is 11.9. The van der Waals surface area contributed by atoms with Gasteiger partial charge in [0.1, 0.15) is 16.5 Å². The lowest BCUT2D eigenvalue weighted by Gasteiger charge is -2.11. The zero-order valence-corrected chi connectivity index (χ0v) is 13.8. The number of benzene rings is 2. The number of esters is 1. The van der Waals surface area contributed by atoms with Gasteiger partial charge in [-0.3, -0.25) is 0 Å². The first-order valence-electron chi connectivity index (χ1n) is 6.91. The molecule has 0 N–H and O–H groups in total. The van der Waals surface area contributed by atoms with Crippen molar-refractivity contribution >= 4 is 27.4 Å². The van der Waals surface area contributed by atoms with Gasteiger partial charge in [-0.25, -0.2) is 22.4 Å². The van der Waals surface area contributed by atoms with Crippen molar-refractivity contribution in [1.29, 1.82) is 0 Å². The fourth-order valence-corrected chi connectivity index (χ4v) is 3.70. The maximum atomic E-state index is 14.7. The number of halogens is 4. The second-order valence-corrected chi connectivity index (χ2v) is 6.05. The molecule has 130 valence electrons. The number of hydrogen-bond donors (Lipinski definition) is 0. The highest BCUT2D eigenvalue weighted by atomic mass is 32.1. The Kier molecular flexibility index (Phi) is 4.38. The van der Waals surface area contributed by atoms with E-state index in [1.165, 1.54) is 6.07 Å². The first-order valence-corrected chi connectivity index (χ1v) is 7.72. The average molecular weight is 370 g/mol. The minimum atomic E-state index is -1.30. The van der Waals surface area contributed by atoms with Crippen LogP contribution in [0, 0.1) is 23.3 Å². The van der Waals surface area contributed by atoms with Gasteiger partial charge in [0.15, 0.2) is 17.4 Å². The average Bonchev–Trinajstić information content (AvgIpc) is 2.92. The summed E-state index contributed by atoms with van der Waals surface area (Å²) in [7, 11) is 2.14. The Morgan fingerprint density at radius 3 is 2.36 bits per heavy atom. The molecule has 2 aromatic carbocycles. The molecule has 0 fully saturated rings. The van der Waals surface area contributed by atoms with Crippen LogP contribution >= 0.6 is 11.3 Å². The highest BCUT2D eigenvalue weighted by Gasteiger charge is 2.28. The summed E-state index contributed by atoms with van der Waals surface area (Å²) in [5.41, 5.74) is -0.781. The van der Waals surface area contributed by atoms with Gasteiger partial charge in [0.05, 0.1) is 19.8 Å². The number of carbonyl (C=O) groups is 1. The molecule has 0 amide bonds. The third-order valence-electron chi connectivity index (χ3n) is 3.61. The zero-order valence-electron chi connectivity index (χ0n) is 13.0. The van der Waals surface area contributed by atoms with E-state index in [2.05, 4.69) is 9.47 Å². The quantitative estimate of drug-likeness (QED) is 0.485. The van der Waals surface area contributed by atoms with Crippen LogP contribution in [-0.2, 0) is 4.74 Å². The van der Waals surface area contributed by atoms with Gasteiger partial charge in [0.2, 0.25) is 0 Å². The maximum Gasteiger partial charge on any atom is 0.348 e. The lowest BCUT2D eigenvalue weighted by atomic mass is 10.00. The molecule has 0 saturated carbocycles. The smallest absolute Gasteiger partial charge is 0.348 e. The van der Waals surface area contributed by atoms with Crippen LogP contribution in [0.1, 0.15) is 9.67 Å². The van der Waals surface area contributed by atoms with Crippen LogP contribution in [0.3, 0.4) is 0 Å². The normalized spacial score (nSPS) is 11.0. The summed E-state index contributed by atoms with van der Waals surface area (Å²) in [5, 5.41) is 0.235. The van der Waals surface area contributed by atoms with Gasteiger partial charge < -0.3 is 9.47 Å². The van der Waals surface area contributed by atoms with Crippen molar-refractivity contribution < 1.29 is 31.8 Å². The topological polar surface area (TPSA) is 35.5 Å². The molecule has 0 bridgehead atoms. The molecule has 0 atom stereocenters. The number of ether oxygens (including phenoxy) is 2. The van der Waals surface area contributed by atoms with Crippen LogP contribution in [0.2, 0.25) is 0 Å². The molecule has 0 saturated heterocycles. The maximum absolute atomic E-state index is 14.7. The van der Waals surface area contributed by atoms with Crippen LogP contribution in [0.25, 0.3) is 21.2 Å². The summed E-state index contributed by atoms with van der Waals surface area (Å²) < 4.78 is 65.8. The third-order valence-corrected chi connectivity index (χ3v) is 4.74. The van der Waals surface area contributed by atoms with Crippen LogP contribution in [0.15, 0.2) is 24.3 Å². The summed E-state index contributed by atoms with van der Waals surface area (Å²) in [6, 6.07) is 3.98. The Balaban J connectivity index is 2.45. The molecular formula is C17H10F4O3S. The largest absolute Gasteiger partial charge is 0.491 e. The van der Waals surface area contributed by atoms with Crippen LogP contribution < -0.4 is 4.74 Å². The molecule has 0 aliphatic rings. The van der Waals surface area contributed by atoms with Crippen molar-refractivity contribution in [3.63, 3.8) is 0 Å². The Morgan fingerprint density at radius 2 is 1.72 bits per heavy atom. The van der Waals surface area contributed by atoms with Gasteiger partial charge in [-0.1, -0.05) is 0 Å². The lowest BCUT2D eigenvalue weighted by Crippen LogP contribution is -2.04. The molecule has 3 rings (SSSR count). The van der Waals surface area contributed by atoms with E-state index in [0.29, 0.717) is 6.07 Å². The minimum absolute atomic E-state index is 0.130. The molecule has 1 aromatic heterocycles. The SMILES string of the molecule is COC(=O)c1sc2cc(F)ccc2c1-c1c(F)cc(F)c(OC)c1F. The summed E-state index contributed by atoms with van der Waals surface area (Å²) in [6.45, 7) is 0. The Labute approximate surface area is 143 Å². The zero-order chi connectivity index (χ0) is 18.3. The van der Waals surface area contributed by atoms with Gasteiger partial charge in [-0.2, -0.15) is 0 Å². The summed E-state index contributed by atoms with van der Waals surface area (Å²) in [4.78, 5) is 11.9. The van der Waals surface area contributed by atoms with Crippen molar-refractivity contribution in [2.45, 2.75) is 0 Å². The number of carbonyl (C=O) groups excluding carboxylic acids is 1. The molecule has 8 heteroatoms. The molecule has 3 nitrogen and oxygen atoms in total. The van der Waals surface area contributed by atoms with E-state index in [9.17, 15) is 22.4 Å². The molecule has 0 aliphatic carbocycles. The first kappa shape index (κ1) is 17.2. The van der Waals surface area contributed by atoms with Crippen LogP contribution in [0.4, 0.5) is 17.6 Å². The van der Waals surface area contributed by atoms with Gasteiger partial charge in [-0.05, 0) is 18.2 Å². The van der Waals surface area contributed by atoms with Gasteiger partial charge in [0, 0.05) is 21.7 Å². The van der Waals surface area contributed by atoms with E-state index < -0.39 is 40.6 Å². The van der Waals surface area contributed by atoms with E-state index in [0.717, 1.165) is 37.7 Å². The molecule has 1 heterocycles. The van der Waals surface area contributed by atoms with E-state index in [4.69, 9.17) is 0 Å². The van der Waals surface area contributed by atoms with Crippen LogP contribution in [0.5, 0.6) is 5.75 Å². The van der Waals surface area contributed by atoms with Gasteiger partial charge in [-0.15, -0.1) is 11.3 Å². The number of fused-ring (bicyclic) bond motifs is 1. The monoisotopic (exact) mass is 370 g/mol. The molecule has 0 aliphatic heterocycles. The molecule has 0 unspecified atom stereocenters. The number of rotatable bonds is 3. The van der Waals surface area contributed by atoms with E-state index in [1.807, 2.05) is 0 Å². The second-order valence-electron chi connectivity index (χ2n) is 5.00. The molecule has 3 aromatic rings. The van der Waals surface area contributed by atoms with Crippen LogP contribution in [-0.4, -0.2) is 20.2 Å². The third kappa shape index (κ3) is 2.72. The van der Waals surface area contributed by atoms with E-state index in [1.54, 1.807) is 0 Å². The fraction of sp³-hybridized carbons (Fsp3) is 0.118. The highest BCUT2D eigenvalue weighted by molar-refractivity contribution is 7.21. The minimum Gasteiger partial charge on any atom is -0.491 e. The van der Waals surface area contributed by atoms with Gasteiger partial charge >= 0.3 is 5.97 Å². The Bertz CT molecular complexity index is 997. The number of hydrogen-bond acceptors (Lipinski definition) is 4. The Morgan fingerprint density at radius 1 is 1.00 bits per heavy atom. The lowest BCUT2D eigenvalue weighted by molar-refractivity contribution is 0.0607. The van der Waals surface area contributed by atoms with Crippen molar-refractivity contribution in [1.82, 2.24) is 0 Å². The second kappa shape index (κ2) is 6.36. The standard InChI is InChI=1S/C17H10F4O3S/c1-23-15-10(20)6-9(19)13(14(15)21)12-8-4-3-7(18)5-11(8)25-16(12)17(22)24-2/h3-6H,1-2H3. The fourth-order valence-electron chi connectivity index (χ4n) is 2.54. The van der Waals surface area contributed by atoms with Crippen molar-refractivity contribution in [3.8, 4) is 16.9 Å².